The van der Waals surface area contributed by atoms with Gasteiger partial charge < -0.3 is 5.73 Å². The highest BCUT2D eigenvalue weighted by molar-refractivity contribution is 14.1. The van der Waals surface area contributed by atoms with Crippen molar-refractivity contribution in [1.29, 1.82) is 0 Å². The van der Waals surface area contributed by atoms with E-state index in [2.05, 4.69) is 38.5 Å². The minimum absolute atomic E-state index is 0.531. The van der Waals surface area contributed by atoms with Crippen LogP contribution in [0.4, 0.5) is 5.69 Å². The Morgan fingerprint density at radius 1 is 1.55 bits per heavy atom. The zero-order chi connectivity index (χ0) is 8.43. The van der Waals surface area contributed by atoms with Gasteiger partial charge in [0.05, 0.1) is 5.69 Å². The van der Waals surface area contributed by atoms with E-state index in [4.69, 9.17) is 5.73 Å². The second-order valence-corrected chi connectivity index (χ2v) is 4.09. The number of carbonyl (C=O) groups excluding carboxylic acids is 1. The van der Waals surface area contributed by atoms with Gasteiger partial charge in [-0.2, -0.15) is 0 Å². The molecule has 2 nitrogen and oxygen atoms in total. The number of halogens is 2. The number of rotatable bonds is 1. The molecule has 0 amide bonds. The Balaban J connectivity index is 3.35. The molecule has 0 aliphatic carbocycles. The molecule has 0 saturated heterocycles. The van der Waals surface area contributed by atoms with Crippen molar-refractivity contribution in [2.45, 2.75) is 0 Å². The Labute approximate surface area is 86.4 Å². The molecule has 1 aromatic carbocycles. The van der Waals surface area contributed by atoms with Gasteiger partial charge in [-0.3, -0.25) is 4.79 Å². The lowest BCUT2D eigenvalue weighted by Gasteiger charge is -2.01. The Hall–Kier alpha value is -0.100. The first-order chi connectivity index (χ1) is 5.15. The highest BCUT2D eigenvalue weighted by Gasteiger charge is 2.02. The molecule has 1 rings (SSSR count). The third-order valence-electron chi connectivity index (χ3n) is 1.25. The SMILES string of the molecule is Nc1c(I)cc(Br)cc1C=O. The molecule has 0 unspecified atom stereocenters. The third-order valence-corrected chi connectivity index (χ3v) is 2.60. The molecule has 0 fully saturated rings. The molecule has 4 heteroatoms. The van der Waals surface area contributed by atoms with E-state index in [1.807, 2.05) is 6.07 Å². The van der Waals surface area contributed by atoms with Crippen molar-refractivity contribution in [2.24, 2.45) is 0 Å². The van der Waals surface area contributed by atoms with Crippen LogP contribution in [0.2, 0.25) is 0 Å². The van der Waals surface area contributed by atoms with Crippen LogP contribution in [0.1, 0.15) is 10.4 Å². The van der Waals surface area contributed by atoms with Gasteiger partial charge in [0.1, 0.15) is 0 Å². The number of hydrogen-bond acceptors (Lipinski definition) is 2. The van der Waals surface area contributed by atoms with Crippen LogP contribution >= 0.6 is 38.5 Å². The summed E-state index contributed by atoms with van der Waals surface area (Å²) in [5, 5.41) is 0. The fourth-order valence-electron chi connectivity index (χ4n) is 0.702. The summed E-state index contributed by atoms with van der Waals surface area (Å²) in [4.78, 5) is 10.4. The van der Waals surface area contributed by atoms with Gasteiger partial charge in [0.25, 0.3) is 0 Å². The Kier molecular flexibility index (Phi) is 2.89. The van der Waals surface area contributed by atoms with Gasteiger partial charge in [-0.15, -0.1) is 0 Å². The van der Waals surface area contributed by atoms with Crippen molar-refractivity contribution in [1.82, 2.24) is 0 Å². The van der Waals surface area contributed by atoms with E-state index >= 15 is 0 Å². The summed E-state index contributed by atoms with van der Waals surface area (Å²) in [6.45, 7) is 0. The summed E-state index contributed by atoms with van der Waals surface area (Å²) in [7, 11) is 0. The zero-order valence-corrected chi connectivity index (χ0v) is 9.22. The highest BCUT2D eigenvalue weighted by atomic mass is 127. The van der Waals surface area contributed by atoms with Crippen molar-refractivity contribution in [3.05, 3.63) is 25.7 Å². The second kappa shape index (κ2) is 3.53. The number of anilines is 1. The average molecular weight is 326 g/mol. The monoisotopic (exact) mass is 325 g/mol. The van der Waals surface area contributed by atoms with Crippen molar-refractivity contribution in [2.75, 3.05) is 5.73 Å². The lowest BCUT2D eigenvalue weighted by atomic mass is 10.2. The maximum atomic E-state index is 10.4. The molecular weight excluding hydrogens is 321 g/mol. The summed E-state index contributed by atoms with van der Waals surface area (Å²) in [5.41, 5.74) is 6.68. The molecule has 0 spiro atoms. The first-order valence-electron chi connectivity index (χ1n) is 2.85. The number of benzene rings is 1. The van der Waals surface area contributed by atoms with Crippen LogP contribution in [0, 0.1) is 3.57 Å². The summed E-state index contributed by atoms with van der Waals surface area (Å²) in [6.07, 6.45) is 0.752. The standard InChI is InChI=1S/C7H5BrINO/c8-5-1-4(3-11)7(10)6(9)2-5/h1-3H,10H2. The molecule has 0 aliphatic rings. The fraction of sp³-hybridized carbons (Fsp3) is 0. The molecule has 0 saturated carbocycles. The maximum Gasteiger partial charge on any atom is 0.152 e. The van der Waals surface area contributed by atoms with E-state index in [0.29, 0.717) is 11.3 Å². The molecule has 0 heterocycles. The first-order valence-corrected chi connectivity index (χ1v) is 4.72. The predicted octanol–water partition coefficient (Wildman–Crippen LogP) is 2.45. The molecule has 58 valence electrons. The van der Waals surface area contributed by atoms with Crippen LogP contribution in [0.5, 0.6) is 0 Å². The van der Waals surface area contributed by atoms with E-state index in [-0.39, 0.29) is 0 Å². The summed E-state index contributed by atoms with van der Waals surface area (Å²) in [6, 6.07) is 3.56. The van der Waals surface area contributed by atoms with Crippen LogP contribution in [-0.2, 0) is 0 Å². The van der Waals surface area contributed by atoms with Crippen LogP contribution in [0.25, 0.3) is 0 Å². The van der Waals surface area contributed by atoms with Crippen molar-refractivity contribution in [3.63, 3.8) is 0 Å². The molecule has 1 aromatic rings. The summed E-state index contributed by atoms with van der Waals surface area (Å²) >= 11 is 5.35. The highest BCUT2D eigenvalue weighted by Crippen LogP contribution is 2.23. The van der Waals surface area contributed by atoms with E-state index in [1.165, 1.54) is 0 Å². The second-order valence-electron chi connectivity index (χ2n) is 2.01. The van der Waals surface area contributed by atoms with Crippen molar-refractivity contribution >= 4 is 50.5 Å². The maximum absolute atomic E-state index is 10.4. The first kappa shape index (κ1) is 8.99. The lowest BCUT2D eigenvalue weighted by molar-refractivity contribution is 0.112. The molecule has 11 heavy (non-hydrogen) atoms. The topological polar surface area (TPSA) is 43.1 Å². The van der Waals surface area contributed by atoms with Gasteiger partial charge in [0, 0.05) is 13.6 Å². The van der Waals surface area contributed by atoms with Crippen LogP contribution in [0.3, 0.4) is 0 Å². The minimum atomic E-state index is 0.531. The van der Waals surface area contributed by atoms with Crippen molar-refractivity contribution in [3.8, 4) is 0 Å². The van der Waals surface area contributed by atoms with Gasteiger partial charge in [0.15, 0.2) is 6.29 Å². The average Bonchev–Trinajstić information content (AvgIpc) is 1.96. The Bertz CT molecular complexity index is 301. The zero-order valence-electron chi connectivity index (χ0n) is 5.47. The van der Waals surface area contributed by atoms with Gasteiger partial charge >= 0.3 is 0 Å². The van der Waals surface area contributed by atoms with Gasteiger partial charge in [0.2, 0.25) is 0 Å². The fourth-order valence-corrected chi connectivity index (χ4v) is 2.25. The largest absolute Gasteiger partial charge is 0.397 e. The van der Waals surface area contributed by atoms with E-state index in [9.17, 15) is 4.79 Å². The van der Waals surface area contributed by atoms with Crippen LogP contribution in [0.15, 0.2) is 16.6 Å². The molecular formula is C7H5BrINO. The van der Waals surface area contributed by atoms with Gasteiger partial charge in [-0.25, -0.2) is 0 Å². The van der Waals surface area contributed by atoms with E-state index < -0.39 is 0 Å². The lowest BCUT2D eigenvalue weighted by Crippen LogP contribution is -1.95. The minimum Gasteiger partial charge on any atom is -0.397 e. The number of aldehydes is 1. The molecule has 0 radical (unpaired) electrons. The van der Waals surface area contributed by atoms with Crippen LogP contribution < -0.4 is 5.73 Å². The third kappa shape index (κ3) is 1.93. The number of nitrogens with two attached hydrogens (primary N) is 1. The predicted molar refractivity (Wildman–Crippen MR) is 56.7 cm³/mol. The normalized spacial score (nSPS) is 9.64. The van der Waals surface area contributed by atoms with E-state index in [0.717, 1.165) is 14.3 Å². The molecule has 0 atom stereocenters. The molecule has 0 aliphatic heterocycles. The Morgan fingerprint density at radius 2 is 2.18 bits per heavy atom. The molecule has 2 N–H and O–H groups in total. The Morgan fingerprint density at radius 3 is 2.73 bits per heavy atom. The quantitative estimate of drug-likeness (QED) is 0.489. The van der Waals surface area contributed by atoms with Crippen molar-refractivity contribution < 1.29 is 4.79 Å². The number of nitrogen functional groups attached to an aromatic ring is 1. The molecule has 0 bridgehead atoms. The molecule has 0 aromatic heterocycles. The number of hydrogen-bond donors (Lipinski definition) is 1. The number of carbonyl (C=O) groups is 1. The summed E-state index contributed by atoms with van der Waals surface area (Å²) < 4.78 is 1.76. The van der Waals surface area contributed by atoms with Gasteiger partial charge in [-0.1, -0.05) is 15.9 Å². The summed E-state index contributed by atoms with van der Waals surface area (Å²) in [5.74, 6) is 0. The van der Waals surface area contributed by atoms with E-state index in [1.54, 1.807) is 6.07 Å². The smallest absolute Gasteiger partial charge is 0.152 e. The van der Waals surface area contributed by atoms with Crippen LogP contribution in [-0.4, -0.2) is 6.29 Å². The van der Waals surface area contributed by atoms with Gasteiger partial charge in [-0.05, 0) is 34.7 Å².